The van der Waals surface area contributed by atoms with Gasteiger partial charge in [-0.2, -0.15) is 5.38 Å². The first-order valence-electron chi connectivity index (χ1n) is 8.29. The van der Waals surface area contributed by atoms with Crippen LogP contribution in [0.1, 0.15) is 37.9 Å². The molecular formula is C19H25N2O2SYb-. The van der Waals surface area contributed by atoms with Crippen LogP contribution in [0.2, 0.25) is 0 Å². The van der Waals surface area contributed by atoms with Gasteiger partial charge in [0.05, 0.1) is 13.0 Å². The molecule has 2 aromatic rings. The molecule has 1 aromatic carbocycles. The van der Waals surface area contributed by atoms with E-state index in [0.717, 1.165) is 34.6 Å². The molecule has 1 aromatic heterocycles. The minimum absolute atomic E-state index is 0. The molecule has 0 aliphatic heterocycles. The van der Waals surface area contributed by atoms with Gasteiger partial charge in [0, 0.05) is 57.4 Å². The Morgan fingerprint density at radius 1 is 1.36 bits per heavy atom. The van der Waals surface area contributed by atoms with Crippen LogP contribution in [0.15, 0.2) is 29.3 Å². The molecule has 0 bridgehead atoms. The fraction of sp³-hybridized carbons (Fsp3) is 0.474. The summed E-state index contributed by atoms with van der Waals surface area (Å²) in [7, 11) is 1.97. The number of hydrogen-bond donors (Lipinski definition) is 0. The van der Waals surface area contributed by atoms with Gasteiger partial charge in [-0.15, -0.1) is 0 Å². The van der Waals surface area contributed by atoms with Crippen LogP contribution in [0.25, 0.3) is 0 Å². The molecule has 25 heavy (non-hydrogen) atoms. The van der Waals surface area contributed by atoms with E-state index in [1.165, 1.54) is 11.3 Å². The number of rotatable bonds is 7. The molecule has 0 aliphatic carbocycles. The molecular weight excluding hydrogens is 493 g/mol. The standard InChI is InChI=1S/C19H25N2O2S.Yb/c1-14(2)8-7-11-23-18(22)12-16-9-5-6-10-17(16)20-19-21(4)15(3)13-24-19;/h5-6,9-10,14H,7-8,11-12H2,1-4H3;/q-1;. The zero-order valence-electron chi connectivity index (χ0n) is 15.1. The summed E-state index contributed by atoms with van der Waals surface area (Å²) in [4.78, 5) is 17.6. The number of esters is 1. The number of carbonyl (C=O) groups excluding carboxylic acids is 1. The van der Waals surface area contributed by atoms with Gasteiger partial charge in [0.1, 0.15) is 0 Å². The average Bonchev–Trinajstić information content (AvgIpc) is 2.85. The normalized spacial score (nSPS) is 11.5. The fourth-order valence-electron chi connectivity index (χ4n) is 2.25. The maximum Gasteiger partial charge on any atom is 0.310 e. The molecule has 144 valence electrons. The Balaban J connectivity index is 0.00000312. The number of carbonyl (C=O) groups is 1. The quantitative estimate of drug-likeness (QED) is 0.317. The molecule has 0 unspecified atom stereocenters. The molecule has 4 nitrogen and oxygen atoms in total. The Bertz CT molecular complexity index is 750. The third-order valence-electron chi connectivity index (χ3n) is 3.81. The average molecular weight is 519 g/mol. The number of aryl methyl sites for hydroxylation is 1. The van der Waals surface area contributed by atoms with Crippen molar-refractivity contribution in [2.24, 2.45) is 18.0 Å². The van der Waals surface area contributed by atoms with Crippen LogP contribution < -0.4 is 4.80 Å². The van der Waals surface area contributed by atoms with Crippen molar-refractivity contribution in [1.82, 2.24) is 4.57 Å². The number of benzene rings is 1. The summed E-state index contributed by atoms with van der Waals surface area (Å²) < 4.78 is 7.33. The fourth-order valence-corrected chi connectivity index (χ4v) is 3.05. The Morgan fingerprint density at radius 2 is 2.08 bits per heavy atom. The monoisotopic (exact) mass is 519 g/mol. The maximum absolute atomic E-state index is 12.1. The predicted molar refractivity (Wildman–Crippen MR) is 97.3 cm³/mol. The van der Waals surface area contributed by atoms with Gasteiger partial charge in [-0.1, -0.05) is 37.7 Å². The van der Waals surface area contributed by atoms with E-state index in [2.05, 4.69) is 24.2 Å². The van der Waals surface area contributed by atoms with Crippen LogP contribution >= 0.6 is 11.3 Å². The maximum atomic E-state index is 12.1. The van der Waals surface area contributed by atoms with Gasteiger partial charge in [0.25, 0.3) is 0 Å². The van der Waals surface area contributed by atoms with Gasteiger partial charge in [-0.3, -0.25) is 4.79 Å². The van der Waals surface area contributed by atoms with E-state index >= 15 is 0 Å². The first kappa shape index (κ1) is 22.7. The Hall–Kier alpha value is -0.361. The summed E-state index contributed by atoms with van der Waals surface area (Å²) in [5.74, 6) is 0.440. The van der Waals surface area contributed by atoms with E-state index in [1.54, 1.807) is 0 Å². The van der Waals surface area contributed by atoms with Crippen LogP contribution in [0.3, 0.4) is 0 Å². The number of ether oxygens (including phenoxy) is 1. The van der Waals surface area contributed by atoms with Crippen molar-refractivity contribution in [3.8, 4) is 0 Å². The molecule has 0 fully saturated rings. The summed E-state index contributed by atoms with van der Waals surface area (Å²) in [5.41, 5.74) is 2.74. The van der Waals surface area contributed by atoms with Crippen LogP contribution in [-0.4, -0.2) is 17.1 Å². The van der Waals surface area contributed by atoms with Gasteiger partial charge in [-0.05, 0) is 44.4 Å². The third kappa shape index (κ3) is 7.41. The van der Waals surface area contributed by atoms with E-state index < -0.39 is 0 Å². The first-order chi connectivity index (χ1) is 11.5. The summed E-state index contributed by atoms with van der Waals surface area (Å²) in [6.45, 7) is 6.83. The minimum Gasteiger partial charge on any atom is -0.465 e. The zero-order chi connectivity index (χ0) is 17.5. The van der Waals surface area contributed by atoms with Crippen LogP contribution in [0.5, 0.6) is 0 Å². The van der Waals surface area contributed by atoms with Crippen LogP contribution in [0, 0.1) is 65.1 Å². The second-order valence-electron chi connectivity index (χ2n) is 6.30. The number of hydrogen-bond acceptors (Lipinski definition) is 4. The summed E-state index contributed by atoms with van der Waals surface area (Å²) >= 11 is 1.47. The van der Waals surface area contributed by atoms with Gasteiger partial charge in [0.2, 0.25) is 0 Å². The second-order valence-corrected chi connectivity index (χ2v) is 7.08. The van der Waals surface area contributed by atoms with Crippen molar-refractivity contribution in [3.63, 3.8) is 0 Å². The number of nitrogens with zero attached hydrogens (tertiary/aromatic N) is 2. The van der Waals surface area contributed by atoms with Crippen molar-refractivity contribution < 1.29 is 56.5 Å². The van der Waals surface area contributed by atoms with Crippen LogP contribution in [-0.2, 0) is 23.0 Å². The summed E-state index contributed by atoms with van der Waals surface area (Å²) in [6.07, 6.45) is 2.23. The molecule has 1 heterocycles. The van der Waals surface area contributed by atoms with Crippen molar-refractivity contribution in [2.75, 3.05) is 6.61 Å². The second kappa shape index (κ2) is 11.4. The van der Waals surface area contributed by atoms with E-state index in [0.29, 0.717) is 12.5 Å². The van der Waals surface area contributed by atoms with Crippen molar-refractivity contribution in [3.05, 3.63) is 45.7 Å². The number of para-hydroxylation sites is 1. The predicted octanol–water partition coefficient (Wildman–Crippen LogP) is 3.95. The molecule has 0 atom stereocenters. The molecule has 0 radical (unpaired) electrons. The molecule has 2 rings (SSSR count). The minimum atomic E-state index is -0.195. The smallest absolute Gasteiger partial charge is 0.310 e. The zero-order valence-corrected chi connectivity index (χ0v) is 17.6. The Morgan fingerprint density at radius 3 is 2.72 bits per heavy atom. The van der Waals surface area contributed by atoms with Gasteiger partial charge < -0.3 is 25.6 Å². The SMILES string of the molecule is Cc1[c-]sc(=Nc2ccccc2CC(=O)OCCCC(C)C)n1C.[Yb]. The number of aromatic nitrogens is 1. The van der Waals surface area contributed by atoms with E-state index in [4.69, 9.17) is 4.74 Å². The first-order valence-corrected chi connectivity index (χ1v) is 9.11. The molecule has 0 amide bonds. The molecule has 0 saturated heterocycles. The van der Waals surface area contributed by atoms with Gasteiger partial charge in [0.15, 0.2) is 0 Å². The van der Waals surface area contributed by atoms with Crippen molar-refractivity contribution in [1.29, 1.82) is 0 Å². The number of thiazole rings is 1. The van der Waals surface area contributed by atoms with E-state index in [9.17, 15) is 4.79 Å². The Kier molecular flexibility index (Phi) is 10.3. The molecule has 0 N–H and O–H groups in total. The van der Waals surface area contributed by atoms with Gasteiger partial charge in [-0.25, -0.2) is 0 Å². The van der Waals surface area contributed by atoms with E-state index in [-0.39, 0.29) is 59.3 Å². The molecule has 0 saturated carbocycles. The molecule has 6 heteroatoms. The summed E-state index contributed by atoms with van der Waals surface area (Å²) in [6, 6.07) is 7.71. The Labute approximate surface area is 192 Å². The topological polar surface area (TPSA) is 43.6 Å². The molecule has 0 spiro atoms. The van der Waals surface area contributed by atoms with Crippen molar-refractivity contribution in [2.45, 2.75) is 40.0 Å². The summed E-state index contributed by atoms with van der Waals surface area (Å²) in [5, 5.41) is 3.18. The van der Waals surface area contributed by atoms with Crippen molar-refractivity contribution >= 4 is 23.0 Å². The van der Waals surface area contributed by atoms with Crippen LogP contribution in [0.4, 0.5) is 5.69 Å². The largest absolute Gasteiger partial charge is 0.465 e. The third-order valence-corrected chi connectivity index (χ3v) is 4.76. The van der Waals surface area contributed by atoms with E-state index in [1.807, 2.05) is 42.8 Å². The molecule has 0 aliphatic rings. The van der Waals surface area contributed by atoms with Gasteiger partial charge >= 0.3 is 5.97 Å².